The van der Waals surface area contributed by atoms with E-state index < -0.39 is 0 Å². The maximum absolute atomic E-state index is 11.4. The molecule has 8 heteroatoms. The number of nitrogens with zero attached hydrogens (tertiary/aromatic N) is 4. The lowest BCUT2D eigenvalue weighted by Gasteiger charge is -2.20. The Labute approximate surface area is 179 Å². The summed E-state index contributed by atoms with van der Waals surface area (Å²) in [5.74, 6) is 0.497. The molecule has 0 unspecified atom stereocenters. The Kier molecular flexibility index (Phi) is 10.5. The Morgan fingerprint density at radius 1 is 1.21 bits per heavy atom. The van der Waals surface area contributed by atoms with E-state index in [0.29, 0.717) is 10.8 Å². The fourth-order valence-electron chi connectivity index (χ4n) is 2.45. The number of nitrogens with one attached hydrogen (secondary N) is 1. The van der Waals surface area contributed by atoms with Crippen molar-refractivity contribution in [3.63, 3.8) is 0 Å². The maximum atomic E-state index is 11.4. The number of benzene rings is 1. The molecular weight excluding hydrogens is 388 g/mol. The molecule has 0 atom stereocenters. The van der Waals surface area contributed by atoms with Gasteiger partial charge in [-0.3, -0.25) is 4.79 Å². The highest BCUT2D eigenvalue weighted by molar-refractivity contribution is 6.30. The third kappa shape index (κ3) is 10.8. The van der Waals surface area contributed by atoms with Crippen molar-refractivity contribution in [1.29, 1.82) is 0 Å². The molecule has 0 radical (unpaired) electrons. The van der Waals surface area contributed by atoms with Gasteiger partial charge in [0.1, 0.15) is 5.82 Å². The Morgan fingerprint density at radius 3 is 2.38 bits per heavy atom. The first kappa shape index (κ1) is 24.8. The first-order valence-electron chi connectivity index (χ1n) is 9.86. The van der Waals surface area contributed by atoms with E-state index in [1.54, 1.807) is 30.0 Å². The molecular formula is C21H33ClN6O. The van der Waals surface area contributed by atoms with E-state index in [1.165, 1.54) is 0 Å². The fraction of sp³-hybridized carbons (Fsp3) is 0.524. The zero-order valence-electron chi connectivity index (χ0n) is 18.1. The Bertz CT molecular complexity index is 746. The molecule has 0 aliphatic rings. The Balaban J connectivity index is 0.000000291. The van der Waals surface area contributed by atoms with Gasteiger partial charge in [-0.15, -0.1) is 10.2 Å². The van der Waals surface area contributed by atoms with Gasteiger partial charge in [-0.05, 0) is 56.7 Å². The van der Waals surface area contributed by atoms with E-state index in [4.69, 9.17) is 17.3 Å². The van der Waals surface area contributed by atoms with E-state index in [0.717, 1.165) is 43.7 Å². The van der Waals surface area contributed by atoms with Crippen LogP contribution in [-0.2, 0) is 11.2 Å². The summed E-state index contributed by atoms with van der Waals surface area (Å²) in [6.07, 6.45) is 2.91. The lowest BCUT2D eigenvalue weighted by Crippen LogP contribution is -2.37. The topological polar surface area (TPSA) is 97.0 Å². The fourth-order valence-corrected chi connectivity index (χ4v) is 2.58. The van der Waals surface area contributed by atoms with Crippen molar-refractivity contribution in [3.05, 3.63) is 41.0 Å². The summed E-state index contributed by atoms with van der Waals surface area (Å²) in [5, 5.41) is 15.1. The molecule has 29 heavy (non-hydrogen) atoms. The van der Waals surface area contributed by atoms with Crippen molar-refractivity contribution in [2.45, 2.75) is 59.4 Å². The number of nitrogen functional groups attached to an aromatic ring is 1. The molecule has 0 saturated carbocycles. The molecule has 2 aromatic rings. The van der Waals surface area contributed by atoms with E-state index in [2.05, 4.69) is 48.4 Å². The number of carbonyl (C=O) groups excluding carboxylic acids is 1. The summed E-state index contributed by atoms with van der Waals surface area (Å²) in [5.41, 5.74) is 7.40. The minimum absolute atomic E-state index is 0.0748. The number of hydrogen-bond donors (Lipinski definition) is 2. The number of rotatable bonds is 7. The van der Waals surface area contributed by atoms with Gasteiger partial charge in [0.15, 0.2) is 0 Å². The van der Waals surface area contributed by atoms with Crippen LogP contribution in [0.25, 0.3) is 0 Å². The molecule has 3 N–H and O–H groups in total. The van der Waals surface area contributed by atoms with Crippen LogP contribution >= 0.6 is 11.6 Å². The first-order valence-corrected chi connectivity index (χ1v) is 10.2. The molecule has 1 aromatic carbocycles. The minimum atomic E-state index is 0.0748. The SMILES string of the molecule is CC(C)(C)NCCc1cc(N)nnn1.CCCCN(C(C)=O)c1ccc(Cl)cc1. The average Bonchev–Trinajstić information content (AvgIpc) is 2.63. The molecule has 1 aromatic heterocycles. The lowest BCUT2D eigenvalue weighted by atomic mass is 10.1. The van der Waals surface area contributed by atoms with Crippen molar-refractivity contribution >= 4 is 29.0 Å². The second-order valence-corrected chi connectivity index (χ2v) is 8.21. The highest BCUT2D eigenvalue weighted by Crippen LogP contribution is 2.18. The van der Waals surface area contributed by atoms with Crippen molar-refractivity contribution < 1.29 is 4.79 Å². The number of amides is 1. The van der Waals surface area contributed by atoms with E-state index in [1.807, 2.05) is 12.1 Å². The predicted molar refractivity (Wildman–Crippen MR) is 120 cm³/mol. The van der Waals surface area contributed by atoms with Crippen LogP contribution in [0.3, 0.4) is 0 Å². The second kappa shape index (κ2) is 12.3. The van der Waals surface area contributed by atoms with Crippen LogP contribution in [0.15, 0.2) is 30.3 Å². The smallest absolute Gasteiger partial charge is 0.223 e. The number of anilines is 2. The number of aromatic nitrogens is 3. The largest absolute Gasteiger partial charge is 0.382 e. The number of halogens is 1. The number of nitrogens with two attached hydrogens (primary N) is 1. The number of hydrogen-bond acceptors (Lipinski definition) is 6. The van der Waals surface area contributed by atoms with Crippen LogP contribution < -0.4 is 16.0 Å². The average molecular weight is 421 g/mol. The normalized spacial score (nSPS) is 10.8. The van der Waals surface area contributed by atoms with Crippen molar-refractivity contribution in [1.82, 2.24) is 20.7 Å². The molecule has 160 valence electrons. The van der Waals surface area contributed by atoms with Gasteiger partial charge in [0.25, 0.3) is 0 Å². The lowest BCUT2D eigenvalue weighted by molar-refractivity contribution is -0.116. The van der Waals surface area contributed by atoms with Gasteiger partial charge in [-0.1, -0.05) is 24.9 Å². The zero-order chi connectivity index (χ0) is 21.9. The highest BCUT2D eigenvalue weighted by atomic mass is 35.5. The van der Waals surface area contributed by atoms with Crippen molar-refractivity contribution in [2.75, 3.05) is 23.7 Å². The summed E-state index contributed by atoms with van der Waals surface area (Å²) < 4.78 is 0. The van der Waals surface area contributed by atoms with Crippen LogP contribution in [0.1, 0.15) is 53.2 Å². The number of carbonyl (C=O) groups is 1. The summed E-state index contributed by atoms with van der Waals surface area (Å²) >= 11 is 5.80. The van der Waals surface area contributed by atoms with Gasteiger partial charge in [-0.2, -0.15) is 0 Å². The molecule has 1 heterocycles. The molecule has 0 spiro atoms. The van der Waals surface area contributed by atoms with Gasteiger partial charge in [-0.25, -0.2) is 0 Å². The minimum Gasteiger partial charge on any atom is -0.382 e. The van der Waals surface area contributed by atoms with Crippen molar-refractivity contribution in [2.24, 2.45) is 0 Å². The standard InChI is InChI=1S/C12H16ClNO.C9H17N5/c1-3-4-9-14(10(2)15)12-7-5-11(13)6-8-12;1-9(2,3)11-5-4-7-6-8(10)13-14-12-7/h5-8H,3-4,9H2,1-2H3;6,11H,4-5H2,1-3H3,(H2,10,12,13). The van der Waals surface area contributed by atoms with Crippen LogP contribution in [0.4, 0.5) is 11.5 Å². The predicted octanol–water partition coefficient (Wildman–Crippen LogP) is 3.88. The van der Waals surface area contributed by atoms with Gasteiger partial charge >= 0.3 is 0 Å². The van der Waals surface area contributed by atoms with E-state index >= 15 is 0 Å². The summed E-state index contributed by atoms with van der Waals surface area (Å²) in [4.78, 5) is 13.2. The molecule has 1 amide bonds. The molecule has 0 saturated heterocycles. The summed E-state index contributed by atoms with van der Waals surface area (Å²) in [6.45, 7) is 11.7. The van der Waals surface area contributed by atoms with E-state index in [9.17, 15) is 4.79 Å². The third-order valence-corrected chi connectivity index (χ3v) is 4.19. The monoisotopic (exact) mass is 420 g/mol. The third-order valence-electron chi connectivity index (χ3n) is 3.94. The van der Waals surface area contributed by atoms with Crippen LogP contribution in [0.2, 0.25) is 5.02 Å². The first-order chi connectivity index (χ1) is 13.6. The maximum Gasteiger partial charge on any atom is 0.223 e. The van der Waals surface area contributed by atoms with Crippen LogP contribution in [-0.4, -0.2) is 39.9 Å². The Morgan fingerprint density at radius 2 is 1.86 bits per heavy atom. The molecule has 2 rings (SSSR count). The number of unbranched alkanes of at least 4 members (excludes halogenated alkanes) is 1. The van der Waals surface area contributed by atoms with Crippen molar-refractivity contribution in [3.8, 4) is 0 Å². The molecule has 0 aliphatic heterocycles. The molecule has 0 fully saturated rings. The van der Waals surface area contributed by atoms with Gasteiger partial charge in [0.2, 0.25) is 5.91 Å². The Hall–Kier alpha value is -2.25. The van der Waals surface area contributed by atoms with Crippen LogP contribution in [0.5, 0.6) is 0 Å². The quantitative estimate of drug-likeness (QED) is 0.705. The van der Waals surface area contributed by atoms with Gasteiger partial charge in [0.05, 0.1) is 5.69 Å². The highest BCUT2D eigenvalue weighted by Gasteiger charge is 2.10. The molecule has 7 nitrogen and oxygen atoms in total. The summed E-state index contributed by atoms with van der Waals surface area (Å²) in [6, 6.07) is 9.10. The summed E-state index contributed by atoms with van der Waals surface area (Å²) in [7, 11) is 0. The van der Waals surface area contributed by atoms with Gasteiger partial charge < -0.3 is 16.0 Å². The van der Waals surface area contributed by atoms with Crippen LogP contribution in [0, 0.1) is 0 Å². The molecule has 0 aliphatic carbocycles. The molecule has 0 bridgehead atoms. The zero-order valence-corrected chi connectivity index (χ0v) is 18.8. The second-order valence-electron chi connectivity index (χ2n) is 7.78. The van der Waals surface area contributed by atoms with Gasteiger partial charge in [0, 0.05) is 48.7 Å². The van der Waals surface area contributed by atoms with E-state index in [-0.39, 0.29) is 11.4 Å².